The number of aryl methyl sites for hydroxylation is 1. The number of amides is 3. The van der Waals surface area contributed by atoms with E-state index in [1.54, 1.807) is 11.3 Å². The molecule has 0 radical (unpaired) electrons. The van der Waals surface area contributed by atoms with Crippen molar-refractivity contribution < 1.29 is 19.5 Å². The van der Waals surface area contributed by atoms with Crippen LogP contribution in [0.15, 0.2) is 29.8 Å². The third kappa shape index (κ3) is 5.77. The van der Waals surface area contributed by atoms with Crippen LogP contribution in [0.3, 0.4) is 0 Å². The van der Waals surface area contributed by atoms with Crippen LogP contribution in [0.2, 0.25) is 0 Å². The number of aromatic nitrogens is 1. The lowest BCUT2D eigenvalue weighted by Crippen LogP contribution is -2.61. The van der Waals surface area contributed by atoms with Crippen LogP contribution in [-0.2, 0) is 20.9 Å². The Kier molecular flexibility index (Phi) is 7.77. The Morgan fingerprint density at radius 1 is 1.19 bits per heavy atom. The van der Waals surface area contributed by atoms with Crippen molar-refractivity contribution >= 4 is 29.1 Å². The highest BCUT2D eigenvalue weighted by molar-refractivity contribution is 7.13. The molecule has 1 aromatic heterocycles. The van der Waals surface area contributed by atoms with Crippen LogP contribution in [0.1, 0.15) is 38.4 Å². The fourth-order valence-corrected chi connectivity index (χ4v) is 5.33. The second-order valence-electron chi connectivity index (χ2n) is 10.7. The van der Waals surface area contributed by atoms with Gasteiger partial charge in [0.2, 0.25) is 17.7 Å². The summed E-state index contributed by atoms with van der Waals surface area (Å²) in [5.41, 5.74) is 4.26. The number of aliphatic hydroxyl groups is 1. The van der Waals surface area contributed by atoms with E-state index in [4.69, 9.17) is 0 Å². The summed E-state index contributed by atoms with van der Waals surface area (Å²) in [6.07, 6.45) is -0.628. The summed E-state index contributed by atoms with van der Waals surface area (Å²) < 4.78 is 0. The molecule has 3 amide bonds. The fourth-order valence-electron chi connectivity index (χ4n) is 4.51. The fraction of sp³-hybridized carbons (Fsp3) is 0.538. The van der Waals surface area contributed by atoms with Crippen molar-refractivity contribution in [3.05, 3.63) is 41.0 Å². The van der Waals surface area contributed by atoms with Crippen LogP contribution >= 0.6 is 11.3 Å². The standard InChI is InChI=1S/C26H35N5O4S/c1-15-21(36-14-29-15)17-7-5-16(6-8-17)10-28-24(34)20-9-19(32)13-31(20)25(35)22(26(2,3)4)30-23(33)18-11-27-12-18/h5-8,14,18-20,22,27,32H,9-13H2,1-4H3,(H,28,34)(H,30,33). The molecule has 2 aliphatic heterocycles. The summed E-state index contributed by atoms with van der Waals surface area (Å²) in [7, 11) is 0. The van der Waals surface area contributed by atoms with Gasteiger partial charge in [-0.1, -0.05) is 45.0 Å². The van der Waals surface area contributed by atoms with Crippen molar-refractivity contribution in [2.24, 2.45) is 11.3 Å². The smallest absolute Gasteiger partial charge is 0.246 e. The minimum Gasteiger partial charge on any atom is -0.391 e. The Bertz CT molecular complexity index is 1110. The maximum atomic E-state index is 13.6. The summed E-state index contributed by atoms with van der Waals surface area (Å²) in [4.78, 5) is 46.1. The molecule has 194 valence electrons. The van der Waals surface area contributed by atoms with E-state index in [9.17, 15) is 19.5 Å². The highest BCUT2D eigenvalue weighted by Gasteiger charge is 2.45. The molecule has 9 nitrogen and oxygen atoms in total. The average molecular weight is 514 g/mol. The normalized spacial score (nSPS) is 21.1. The van der Waals surface area contributed by atoms with Crippen molar-refractivity contribution in [1.29, 1.82) is 0 Å². The van der Waals surface area contributed by atoms with Gasteiger partial charge in [0.1, 0.15) is 12.1 Å². The van der Waals surface area contributed by atoms with Crippen molar-refractivity contribution in [3.8, 4) is 10.4 Å². The predicted molar refractivity (Wildman–Crippen MR) is 138 cm³/mol. The maximum Gasteiger partial charge on any atom is 0.246 e. The van der Waals surface area contributed by atoms with E-state index in [0.29, 0.717) is 19.6 Å². The number of β-amino-alcohol motifs (C(OH)–C–C–N with tert-alkyl or cyclic N) is 1. The van der Waals surface area contributed by atoms with E-state index >= 15 is 0 Å². The van der Waals surface area contributed by atoms with Gasteiger partial charge in [-0.15, -0.1) is 11.3 Å². The molecule has 2 saturated heterocycles. The van der Waals surface area contributed by atoms with Gasteiger partial charge in [0.25, 0.3) is 0 Å². The largest absolute Gasteiger partial charge is 0.391 e. The minimum atomic E-state index is -0.797. The molecule has 2 aliphatic rings. The van der Waals surface area contributed by atoms with E-state index in [1.165, 1.54) is 4.90 Å². The van der Waals surface area contributed by atoms with Gasteiger partial charge in [0.05, 0.1) is 28.1 Å². The third-order valence-electron chi connectivity index (χ3n) is 6.84. The molecule has 10 heteroatoms. The van der Waals surface area contributed by atoms with Gasteiger partial charge in [-0.3, -0.25) is 14.4 Å². The Labute approximate surface area is 215 Å². The molecule has 3 unspecified atom stereocenters. The van der Waals surface area contributed by atoms with Crippen LogP contribution in [0.4, 0.5) is 0 Å². The van der Waals surface area contributed by atoms with Gasteiger partial charge in [-0.05, 0) is 23.5 Å². The third-order valence-corrected chi connectivity index (χ3v) is 7.82. The second-order valence-corrected chi connectivity index (χ2v) is 11.6. The molecule has 4 rings (SSSR count). The zero-order chi connectivity index (χ0) is 26.0. The number of hydrogen-bond donors (Lipinski definition) is 4. The van der Waals surface area contributed by atoms with Gasteiger partial charge >= 0.3 is 0 Å². The number of nitrogens with zero attached hydrogens (tertiary/aromatic N) is 2. The molecule has 0 bridgehead atoms. The lowest BCUT2D eigenvalue weighted by atomic mass is 9.85. The number of carbonyl (C=O) groups excluding carboxylic acids is 3. The molecule has 0 spiro atoms. The lowest BCUT2D eigenvalue weighted by molar-refractivity contribution is -0.144. The number of nitrogens with one attached hydrogen (secondary N) is 3. The van der Waals surface area contributed by atoms with Gasteiger partial charge in [0, 0.05) is 32.6 Å². The molecule has 0 saturated carbocycles. The number of likely N-dealkylation sites (tertiary alicyclic amines) is 1. The number of hydrogen-bond acceptors (Lipinski definition) is 7. The first-order valence-electron chi connectivity index (χ1n) is 12.3. The number of rotatable bonds is 7. The van der Waals surface area contributed by atoms with Crippen LogP contribution < -0.4 is 16.0 Å². The topological polar surface area (TPSA) is 124 Å². The number of aliphatic hydroxyl groups excluding tert-OH is 1. The van der Waals surface area contributed by atoms with Crippen molar-refractivity contribution in [1.82, 2.24) is 25.8 Å². The quantitative estimate of drug-likeness (QED) is 0.444. The van der Waals surface area contributed by atoms with Crippen molar-refractivity contribution in [2.75, 3.05) is 19.6 Å². The summed E-state index contributed by atoms with van der Waals surface area (Å²) in [5, 5.41) is 19.2. The van der Waals surface area contributed by atoms with Gasteiger partial charge in [0.15, 0.2) is 0 Å². The van der Waals surface area contributed by atoms with Crippen LogP contribution in [-0.4, -0.2) is 70.5 Å². The molecule has 0 aliphatic carbocycles. The summed E-state index contributed by atoms with van der Waals surface area (Å²) in [6.45, 7) is 9.18. The highest BCUT2D eigenvalue weighted by Crippen LogP contribution is 2.28. The molecular weight excluding hydrogens is 478 g/mol. The van der Waals surface area contributed by atoms with E-state index in [1.807, 2.05) is 57.5 Å². The monoisotopic (exact) mass is 513 g/mol. The predicted octanol–water partition coefficient (Wildman–Crippen LogP) is 1.45. The zero-order valence-electron chi connectivity index (χ0n) is 21.2. The summed E-state index contributed by atoms with van der Waals surface area (Å²) in [6, 6.07) is 6.34. The lowest BCUT2D eigenvalue weighted by Gasteiger charge is -2.37. The Balaban J connectivity index is 1.41. The molecule has 1 aromatic carbocycles. The first kappa shape index (κ1) is 26.2. The number of benzene rings is 1. The SMILES string of the molecule is Cc1ncsc1-c1ccc(CNC(=O)C2CC(O)CN2C(=O)C(NC(=O)C2CNC2)C(C)(C)C)cc1. The Hall–Kier alpha value is -2.82. The maximum absolute atomic E-state index is 13.6. The van der Waals surface area contributed by atoms with Gasteiger partial charge in [-0.25, -0.2) is 4.98 Å². The summed E-state index contributed by atoms with van der Waals surface area (Å²) in [5.74, 6) is -0.981. The molecule has 3 heterocycles. The van der Waals surface area contributed by atoms with Crippen LogP contribution in [0.25, 0.3) is 10.4 Å². The van der Waals surface area contributed by atoms with Crippen LogP contribution in [0, 0.1) is 18.3 Å². The molecule has 36 heavy (non-hydrogen) atoms. The summed E-state index contributed by atoms with van der Waals surface area (Å²) >= 11 is 1.59. The Morgan fingerprint density at radius 3 is 2.44 bits per heavy atom. The van der Waals surface area contributed by atoms with Gasteiger partial charge < -0.3 is 26.0 Å². The van der Waals surface area contributed by atoms with Crippen molar-refractivity contribution in [2.45, 2.75) is 58.8 Å². The molecule has 3 atom stereocenters. The van der Waals surface area contributed by atoms with Gasteiger partial charge in [-0.2, -0.15) is 0 Å². The minimum absolute atomic E-state index is 0.0627. The number of carbonyl (C=O) groups is 3. The first-order chi connectivity index (χ1) is 17.0. The van der Waals surface area contributed by atoms with Crippen LogP contribution in [0.5, 0.6) is 0 Å². The highest BCUT2D eigenvalue weighted by atomic mass is 32.1. The second kappa shape index (κ2) is 10.7. The molecule has 4 N–H and O–H groups in total. The van der Waals surface area contributed by atoms with E-state index in [-0.39, 0.29) is 36.6 Å². The molecular formula is C26H35N5O4S. The Morgan fingerprint density at radius 2 is 1.89 bits per heavy atom. The van der Waals surface area contributed by atoms with Crippen molar-refractivity contribution in [3.63, 3.8) is 0 Å². The average Bonchev–Trinajstić information content (AvgIpc) is 3.39. The van der Waals surface area contributed by atoms with E-state index in [2.05, 4.69) is 20.9 Å². The van der Waals surface area contributed by atoms with E-state index in [0.717, 1.165) is 21.7 Å². The van der Waals surface area contributed by atoms with E-state index < -0.39 is 23.6 Å². The molecule has 2 fully saturated rings. The zero-order valence-corrected chi connectivity index (χ0v) is 22.0. The first-order valence-corrected chi connectivity index (χ1v) is 13.2. The number of thiazole rings is 1. The molecule has 2 aromatic rings.